The van der Waals surface area contributed by atoms with E-state index < -0.39 is 0 Å². The number of aromatic amines is 1. The van der Waals surface area contributed by atoms with Gasteiger partial charge in [-0.3, -0.25) is 4.79 Å². The van der Waals surface area contributed by atoms with Crippen molar-refractivity contribution in [2.45, 2.75) is 6.92 Å². The second kappa shape index (κ2) is 7.30. The molecule has 4 heteroatoms. The summed E-state index contributed by atoms with van der Waals surface area (Å²) in [5, 5.41) is 5.43. The van der Waals surface area contributed by atoms with Crippen molar-refractivity contribution in [1.82, 2.24) is 10.4 Å². The summed E-state index contributed by atoms with van der Waals surface area (Å²) in [6, 6.07) is 27.5. The number of nitrogens with one attached hydrogen (secondary N) is 2. The topological polar surface area (TPSA) is 57.2 Å². The lowest BCUT2D eigenvalue weighted by atomic mass is 10.0. The van der Waals surface area contributed by atoms with E-state index >= 15 is 0 Å². The molecule has 0 spiro atoms. The minimum Gasteiger partial charge on any atom is -0.350 e. The molecule has 1 heterocycles. The first-order valence-electron chi connectivity index (χ1n) is 8.79. The third-order valence-electron chi connectivity index (χ3n) is 4.42. The highest BCUT2D eigenvalue weighted by Crippen LogP contribution is 2.15. The molecule has 0 saturated carbocycles. The van der Waals surface area contributed by atoms with Gasteiger partial charge in [-0.1, -0.05) is 78.4 Å². The number of amides is 1. The third-order valence-corrected chi connectivity index (χ3v) is 4.42. The first-order chi connectivity index (χ1) is 13.2. The highest BCUT2D eigenvalue weighted by Gasteiger charge is 2.11. The number of para-hydroxylation sites is 1. The summed E-state index contributed by atoms with van der Waals surface area (Å²) in [7, 11) is 0. The lowest BCUT2D eigenvalue weighted by molar-refractivity contribution is 0.0951. The van der Waals surface area contributed by atoms with Gasteiger partial charge in [-0.05, 0) is 19.1 Å². The molecule has 0 radical (unpaired) electrons. The minimum absolute atomic E-state index is 0.272. The first-order valence-corrected chi connectivity index (χ1v) is 8.79. The van der Waals surface area contributed by atoms with E-state index in [2.05, 4.69) is 15.5 Å². The molecule has 0 aliphatic heterocycles. The highest BCUT2D eigenvalue weighted by molar-refractivity contribution is 6.13. The molecule has 0 unspecified atom stereocenters. The Morgan fingerprint density at radius 2 is 1.52 bits per heavy atom. The van der Waals surface area contributed by atoms with Crippen LogP contribution in [0.25, 0.3) is 10.9 Å². The largest absolute Gasteiger partial charge is 0.350 e. The van der Waals surface area contributed by atoms with Gasteiger partial charge in [0.1, 0.15) is 5.69 Å². The maximum atomic E-state index is 12.6. The van der Waals surface area contributed by atoms with Crippen LogP contribution >= 0.6 is 0 Å². The molecule has 1 aromatic heterocycles. The average Bonchev–Trinajstić information content (AvgIpc) is 3.14. The van der Waals surface area contributed by atoms with Crippen LogP contribution in [-0.4, -0.2) is 16.6 Å². The number of hydrogen-bond donors (Lipinski definition) is 2. The number of nitrogens with zero attached hydrogens (tertiary/aromatic N) is 1. The standard InChI is InChI=1S/C23H19N3O/c1-16-11-13-18(14-12-16)22(17-7-3-2-4-8-17)25-26-23(27)21-15-19-9-5-6-10-20(19)24-21/h2-15,24H,1H3,(H,26,27)/b25-22+. The van der Waals surface area contributed by atoms with E-state index in [1.807, 2.05) is 91.9 Å². The SMILES string of the molecule is Cc1ccc(/C(=N/NC(=O)c2cc3ccccc3[nH]2)c2ccccc2)cc1. The summed E-state index contributed by atoms with van der Waals surface area (Å²) in [5.41, 5.74) is 7.88. The number of hydrogen-bond acceptors (Lipinski definition) is 2. The predicted molar refractivity (Wildman–Crippen MR) is 109 cm³/mol. The molecule has 4 aromatic rings. The quantitative estimate of drug-likeness (QED) is 0.407. The van der Waals surface area contributed by atoms with Gasteiger partial charge in [-0.15, -0.1) is 0 Å². The summed E-state index contributed by atoms with van der Waals surface area (Å²) < 4.78 is 0. The average molecular weight is 353 g/mol. The Morgan fingerprint density at radius 1 is 0.852 bits per heavy atom. The number of aryl methyl sites for hydroxylation is 1. The van der Waals surface area contributed by atoms with Crippen LogP contribution in [0.1, 0.15) is 27.2 Å². The molecule has 0 saturated heterocycles. The number of carbonyl (C=O) groups excluding carboxylic acids is 1. The van der Waals surface area contributed by atoms with Crippen molar-refractivity contribution in [1.29, 1.82) is 0 Å². The van der Waals surface area contributed by atoms with Crippen LogP contribution in [0.2, 0.25) is 0 Å². The van der Waals surface area contributed by atoms with Gasteiger partial charge < -0.3 is 4.98 Å². The molecule has 2 N–H and O–H groups in total. The second-order valence-corrected chi connectivity index (χ2v) is 6.40. The predicted octanol–water partition coefficient (Wildman–Crippen LogP) is 4.66. The molecule has 1 amide bonds. The van der Waals surface area contributed by atoms with Crippen molar-refractivity contribution >= 4 is 22.5 Å². The van der Waals surface area contributed by atoms with Crippen LogP contribution in [0, 0.1) is 6.92 Å². The molecular weight excluding hydrogens is 334 g/mol. The second-order valence-electron chi connectivity index (χ2n) is 6.40. The first kappa shape index (κ1) is 16.8. The van der Waals surface area contributed by atoms with Gasteiger partial charge in [-0.25, -0.2) is 5.43 Å². The Balaban J connectivity index is 1.66. The summed E-state index contributed by atoms with van der Waals surface area (Å²) in [6.07, 6.45) is 0. The van der Waals surface area contributed by atoms with Crippen molar-refractivity contribution in [3.8, 4) is 0 Å². The summed E-state index contributed by atoms with van der Waals surface area (Å²) >= 11 is 0. The molecule has 132 valence electrons. The molecule has 27 heavy (non-hydrogen) atoms. The van der Waals surface area contributed by atoms with Gasteiger partial charge in [0.25, 0.3) is 5.91 Å². The third kappa shape index (κ3) is 3.65. The van der Waals surface area contributed by atoms with Gasteiger partial charge in [0, 0.05) is 22.0 Å². The summed E-state index contributed by atoms with van der Waals surface area (Å²) in [6.45, 7) is 2.04. The van der Waals surface area contributed by atoms with E-state index in [1.165, 1.54) is 5.56 Å². The number of rotatable bonds is 4. The molecule has 0 bridgehead atoms. The van der Waals surface area contributed by atoms with E-state index in [1.54, 1.807) is 0 Å². The van der Waals surface area contributed by atoms with E-state index in [-0.39, 0.29) is 5.91 Å². The smallest absolute Gasteiger partial charge is 0.287 e. The van der Waals surface area contributed by atoms with Crippen LogP contribution < -0.4 is 5.43 Å². The summed E-state index contributed by atoms with van der Waals surface area (Å²) in [4.78, 5) is 15.7. The van der Waals surface area contributed by atoms with Gasteiger partial charge in [-0.2, -0.15) is 5.10 Å². The molecule has 3 aromatic carbocycles. The normalized spacial score (nSPS) is 11.5. The maximum Gasteiger partial charge on any atom is 0.287 e. The van der Waals surface area contributed by atoms with E-state index in [0.717, 1.165) is 27.7 Å². The van der Waals surface area contributed by atoms with Crippen molar-refractivity contribution < 1.29 is 4.79 Å². The monoisotopic (exact) mass is 353 g/mol. The van der Waals surface area contributed by atoms with Crippen molar-refractivity contribution in [3.63, 3.8) is 0 Å². The Labute approximate surface area is 157 Å². The van der Waals surface area contributed by atoms with Crippen LogP contribution in [-0.2, 0) is 0 Å². The molecule has 0 fully saturated rings. The van der Waals surface area contributed by atoms with Gasteiger partial charge in [0.2, 0.25) is 0 Å². The zero-order valence-electron chi connectivity index (χ0n) is 14.9. The molecule has 4 nitrogen and oxygen atoms in total. The zero-order valence-corrected chi connectivity index (χ0v) is 14.9. The lowest BCUT2D eigenvalue weighted by Crippen LogP contribution is -2.21. The Kier molecular flexibility index (Phi) is 4.54. The molecular formula is C23H19N3O. The molecule has 0 aliphatic rings. The van der Waals surface area contributed by atoms with Crippen LogP contribution in [0.15, 0.2) is 90.0 Å². The Hall–Kier alpha value is -3.66. The van der Waals surface area contributed by atoms with E-state index in [9.17, 15) is 4.79 Å². The molecule has 0 aliphatic carbocycles. The van der Waals surface area contributed by atoms with Crippen LogP contribution in [0.5, 0.6) is 0 Å². The fourth-order valence-electron chi connectivity index (χ4n) is 2.97. The number of fused-ring (bicyclic) bond motifs is 1. The van der Waals surface area contributed by atoms with Crippen LogP contribution in [0.3, 0.4) is 0 Å². The van der Waals surface area contributed by atoms with Crippen LogP contribution in [0.4, 0.5) is 0 Å². The zero-order chi connectivity index (χ0) is 18.6. The fourth-order valence-corrected chi connectivity index (χ4v) is 2.97. The number of carbonyl (C=O) groups is 1. The number of benzene rings is 3. The molecule has 4 rings (SSSR count). The van der Waals surface area contributed by atoms with Gasteiger partial charge >= 0.3 is 0 Å². The van der Waals surface area contributed by atoms with E-state index in [0.29, 0.717) is 5.69 Å². The lowest BCUT2D eigenvalue weighted by Gasteiger charge is -2.08. The number of aromatic nitrogens is 1. The Bertz CT molecular complexity index is 1080. The highest BCUT2D eigenvalue weighted by atomic mass is 16.2. The Morgan fingerprint density at radius 3 is 2.26 bits per heavy atom. The molecule has 0 atom stereocenters. The van der Waals surface area contributed by atoms with Gasteiger partial charge in [0.15, 0.2) is 0 Å². The minimum atomic E-state index is -0.272. The van der Waals surface area contributed by atoms with Crippen molar-refractivity contribution in [3.05, 3.63) is 107 Å². The maximum absolute atomic E-state index is 12.6. The number of H-pyrrole nitrogens is 1. The van der Waals surface area contributed by atoms with E-state index in [4.69, 9.17) is 0 Å². The fraction of sp³-hybridized carbons (Fsp3) is 0.0435. The number of hydrazone groups is 1. The summed E-state index contributed by atoms with van der Waals surface area (Å²) in [5.74, 6) is -0.272. The van der Waals surface area contributed by atoms with Crippen molar-refractivity contribution in [2.24, 2.45) is 5.10 Å². The van der Waals surface area contributed by atoms with Gasteiger partial charge in [0.05, 0.1) is 5.71 Å². The van der Waals surface area contributed by atoms with Crippen molar-refractivity contribution in [2.75, 3.05) is 0 Å².